The molecule has 2 aliphatic rings. The maximum atomic E-state index is 13.3. The van der Waals surface area contributed by atoms with Gasteiger partial charge in [0.2, 0.25) is 5.91 Å². The Morgan fingerprint density at radius 3 is 2.49 bits per heavy atom. The maximum Gasteiger partial charge on any atom is 0.416 e. The summed E-state index contributed by atoms with van der Waals surface area (Å²) in [4.78, 5) is 24.1. The lowest BCUT2D eigenvalue weighted by atomic mass is 9.86. The maximum absolute atomic E-state index is 13.3. The number of piperazine rings is 1. The van der Waals surface area contributed by atoms with E-state index in [0.29, 0.717) is 37.2 Å². The molecule has 218 valence electrons. The second kappa shape index (κ2) is 13.0. The molecule has 3 heterocycles. The first-order valence-electron chi connectivity index (χ1n) is 14.4. The van der Waals surface area contributed by atoms with Crippen LogP contribution in [0.25, 0.3) is 0 Å². The summed E-state index contributed by atoms with van der Waals surface area (Å²) >= 11 is 0. The molecule has 1 aromatic heterocycles. The number of piperidine rings is 1. The van der Waals surface area contributed by atoms with Crippen LogP contribution in [-0.4, -0.2) is 66.0 Å². The van der Waals surface area contributed by atoms with Gasteiger partial charge in [-0.1, -0.05) is 29.8 Å². The van der Waals surface area contributed by atoms with Crippen LogP contribution in [0.1, 0.15) is 36.0 Å². The normalized spacial score (nSPS) is 20.6. The van der Waals surface area contributed by atoms with Gasteiger partial charge >= 0.3 is 6.18 Å². The summed E-state index contributed by atoms with van der Waals surface area (Å²) in [5, 5.41) is 3.03. The molecule has 2 aromatic carbocycles. The number of pyridine rings is 1. The largest absolute Gasteiger partial charge is 0.416 e. The van der Waals surface area contributed by atoms with Gasteiger partial charge in [-0.05, 0) is 74.2 Å². The van der Waals surface area contributed by atoms with Gasteiger partial charge in [-0.25, -0.2) is 0 Å². The Hall–Kier alpha value is -3.43. The average molecular weight is 566 g/mol. The van der Waals surface area contributed by atoms with Crippen LogP contribution in [0.5, 0.6) is 0 Å². The molecule has 0 aliphatic carbocycles. The topological polar surface area (TPSA) is 51.7 Å². The molecule has 0 radical (unpaired) electrons. The predicted molar refractivity (Wildman–Crippen MR) is 156 cm³/mol. The lowest BCUT2D eigenvalue weighted by molar-refractivity contribution is -0.137. The van der Waals surface area contributed by atoms with Crippen molar-refractivity contribution in [2.45, 2.75) is 44.9 Å². The Balaban J connectivity index is 1.22. The van der Waals surface area contributed by atoms with E-state index in [-0.39, 0.29) is 5.91 Å². The van der Waals surface area contributed by atoms with E-state index in [1.807, 2.05) is 48.4 Å². The first kappa shape index (κ1) is 29.1. The van der Waals surface area contributed by atoms with Crippen LogP contribution in [-0.2, 0) is 17.5 Å². The first-order valence-corrected chi connectivity index (χ1v) is 14.4. The van der Waals surface area contributed by atoms with Crippen LogP contribution in [0.3, 0.4) is 0 Å². The van der Waals surface area contributed by atoms with Crippen molar-refractivity contribution in [3.63, 3.8) is 0 Å². The average Bonchev–Trinajstić information content (AvgIpc) is 2.98. The first-order chi connectivity index (χ1) is 19.7. The van der Waals surface area contributed by atoms with Crippen molar-refractivity contribution >= 4 is 17.3 Å². The van der Waals surface area contributed by atoms with Gasteiger partial charge in [-0.3, -0.25) is 19.6 Å². The van der Waals surface area contributed by atoms with Gasteiger partial charge < -0.3 is 10.2 Å². The number of benzene rings is 2. The zero-order valence-corrected chi connectivity index (χ0v) is 23.5. The molecular weight excluding hydrogens is 527 g/mol. The smallest absolute Gasteiger partial charge is 0.369 e. The van der Waals surface area contributed by atoms with E-state index >= 15 is 0 Å². The Labute approximate surface area is 240 Å². The summed E-state index contributed by atoms with van der Waals surface area (Å²) in [6, 6.07) is 17.8. The third kappa shape index (κ3) is 7.86. The van der Waals surface area contributed by atoms with E-state index in [0.717, 1.165) is 62.9 Å². The number of hydrogen-bond donors (Lipinski definition) is 1. The molecule has 41 heavy (non-hydrogen) atoms. The molecule has 2 fully saturated rings. The number of halogens is 3. The van der Waals surface area contributed by atoms with Crippen molar-refractivity contribution in [3.05, 3.63) is 89.7 Å². The fourth-order valence-electron chi connectivity index (χ4n) is 6.12. The number of likely N-dealkylation sites (tertiary alicyclic amines) is 1. The standard InChI is InChI=1S/C32H38F3N5O/c1-24-7-10-28(11-8-24)37-31(41)12-9-26-23-38(22-25-4-3-14-36-21-25)15-13-30(26)40-18-16-39(17-19-40)29-6-2-5-27(20-29)32(33,34)35/h2-8,10-11,14,20-21,26,30H,9,12-13,15-19,22-23H2,1H3,(H,37,41)/t26-,30+/m0/s1. The highest BCUT2D eigenvalue weighted by Gasteiger charge is 2.35. The Bertz CT molecular complexity index is 1280. The molecule has 0 bridgehead atoms. The number of aryl methyl sites for hydroxylation is 1. The molecule has 0 unspecified atom stereocenters. The van der Waals surface area contributed by atoms with E-state index in [9.17, 15) is 18.0 Å². The molecule has 5 rings (SSSR count). The molecule has 1 amide bonds. The molecule has 0 saturated carbocycles. The van der Waals surface area contributed by atoms with Crippen LogP contribution in [0, 0.1) is 12.8 Å². The van der Waals surface area contributed by atoms with Crippen LogP contribution in [0.2, 0.25) is 0 Å². The fourth-order valence-corrected chi connectivity index (χ4v) is 6.12. The molecule has 2 saturated heterocycles. The van der Waals surface area contributed by atoms with Gasteiger partial charge in [-0.2, -0.15) is 13.2 Å². The third-order valence-corrected chi connectivity index (χ3v) is 8.31. The molecule has 2 aliphatic heterocycles. The van der Waals surface area contributed by atoms with Crippen LogP contribution >= 0.6 is 0 Å². The molecule has 3 aromatic rings. The number of nitrogens with zero attached hydrogens (tertiary/aromatic N) is 4. The molecule has 2 atom stereocenters. The van der Waals surface area contributed by atoms with Gasteiger partial charge in [0.05, 0.1) is 5.56 Å². The molecule has 6 nitrogen and oxygen atoms in total. The Morgan fingerprint density at radius 2 is 1.78 bits per heavy atom. The summed E-state index contributed by atoms with van der Waals surface area (Å²) in [6.07, 6.45) is 1.56. The molecule has 9 heteroatoms. The number of aromatic nitrogens is 1. The number of hydrogen-bond acceptors (Lipinski definition) is 5. The van der Waals surface area contributed by atoms with Crippen molar-refractivity contribution in [2.75, 3.05) is 49.5 Å². The highest BCUT2D eigenvalue weighted by atomic mass is 19.4. The number of alkyl halides is 3. The molecule has 0 spiro atoms. The number of anilines is 2. The van der Waals surface area contributed by atoms with Gasteiger partial charge in [-0.15, -0.1) is 0 Å². The Morgan fingerprint density at radius 1 is 1.00 bits per heavy atom. The highest BCUT2D eigenvalue weighted by molar-refractivity contribution is 5.90. The zero-order chi connectivity index (χ0) is 28.8. The van der Waals surface area contributed by atoms with Gasteiger partial charge in [0.1, 0.15) is 0 Å². The predicted octanol–water partition coefficient (Wildman–Crippen LogP) is 5.84. The third-order valence-electron chi connectivity index (χ3n) is 8.31. The van der Waals surface area contributed by atoms with E-state index in [1.165, 1.54) is 17.7 Å². The van der Waals surface area contributed by atoms with Crippen molar-refractivity contribution < 1.29 is 18.0 Å². The quantitative estimate of drug-likeness (QED) is 0.372. The molecular formula is C32H38F3N5O. The summed E-state index contributed by atoms with van der Waals surface area (Å²) < 4.78 is 39.8. The van der Waals surface area contributed by atoms with Crippen molar-refractivity contribution in [2.24, 2.45) is 5.92 Å². The lowest BCUT2D eigenvalue weighted by Gasteiger charge is -2.47. The number of carbonyl (C=O) groups excluding carboxylic acids is 1. The second-order valence-electron chi connectivity index (χ2n) is 11.2. The minimum atomic E-state index is -4.35. The van der Waals surface area contributed by atoms with Crippen LogP contribution in [0.4, 0.5) is 24.5 Å². The summed E-state index contributed by atoms with van der Waals surface area (Å²) in [5.41, 5.74) is 3.15. The Kier molecular flexibility index (Phi) is 9.25. The van der Waals surface area contributed by atoms with Crippen LogP contribution in [0.15, 0.2) is 73.1 Å². The van der Waals surface area contributed by atoms with Crippen molar-refractivity contribution in [1.82, 2.24) is 14.8 Å². The van der Waals surface area contributed by atoms with E-state index in [4.69, 9.17) is 0 Å². The zero-order valence-electron chi connectivity index (χ0n) is 23.5. The minimum absolute atomic E-state index is 0.0198. The number of rotatable bonds is 8. The monoisotopic (exact) mass is 565 g/mol. The second-order valence-corrected chi connectivity index (χ2v) is 11.2. The number of nitrogens with one attached hydrogen (secondary N) is 1. The lowest BCUT2D eigenvalue weighted by Crippen LogP contribution is -2.56. The van der Waals surface area contributed by atoms with E-state index in [1.54, 1.807) is 12.3 Å². The van der Waals surface area contributed by atoms with Crippen molar-refractivity contribution in [1.29, 1.82) is 0 Å². The van der Waals surface area contributed by atoms with Crippen molar-refractivity contribution in [3.8, 4) is 0 Å². The molecule has 1 N–H and O–H groups in total. The fraction of sp³-hybridized carbons (Fsp3) is 0.438. The van der Waals surface area contributed by atoms with E-state index in [2.05, 4.69) is 26.2 Å². The summed E-state index contributed by atoms with van der Waals surface area (Å²) in [6.45, 7) is 7.63. The minimum Gasteiger partial charge on any atom is -0.369 e. The number of amides is 1. The van der Waals surface area contributed by atoms with Gasteiger partial charge in [0.15, 0.2) is 0 Å². The SMILES string of the molecule is Cc1ccc(NC(=O)CC[C@H]2CN(Cc3cccnc3)CC[C@H]2N2CCN(c3cccc(C(F)(F)F)c3)CC2)cc1. The van der Waals surface area contributed by atoms with Gasteiger partial charge in [0, 0.05) is 75.5 Å². The van der Waals surface area contributed by atoms with E-state index < -0.39 is 11.7 Å². The summed E-state index contributed by atoms with van der Waals surface area (Å²) in [5.74, 6) is 0.329. The van der Waals surface area contributed by atoms with Crippen LogP contribution < -0.4 is 10.2 Å². The summed E-state index contributed by atoms with van der Waals surface area (Å²) in [7, 11) is 0. The van der Waals surface area contributed by atoms with Gasteiger partial charge in [0.25, 0.3) is 0 Å². The number of carbonyl (C=O) groups is 1. The highest BCUT2D eigenvalue weighted by Crippen LogP contribution is 2.33.